The van der Waals surface area contributed by atoms with Crippen LogP contribution in [0.15, 0.2) is 53.4 Å². The van der Waals surface area contributed by atoms with Crippen molar-refractivity contribution in [1.29, 1.82) is 0 Å². The fourth-order valence-electron chi connectivity index (χ4n) is 3.03. The van der Waals surface area contributed by atoms with E-state index in [0.717, 1.165) is 10.2 Å². The van der Waals surface area contributed by atoms with Gasteiger partial charge in [-0.1, -0.05) is 35.9 Å². The topological polar surface area (TPSA) is 61.2 Å². The molecular weight excluding hydrogens is 393 g/mol. The number of benzene rings is 2. The van der Waals surface area contributed by atoms with Gasteiger partial charge in [-0.2, -0.15) is 31.4 Å². The van der Waals surface area contributed by atoms with E-state index in [1.54, 1.807) is 44.2 Å². The van der Waals surface area contributed by atoms with Crippen molar-refractivity contribution >= 4 is 10.1 Å². The van der Waals surface area contributed by atoms with Crippen LogP contribution in [0.4, 0.5) is 13.2 Å². The van der Waals surface area contributed by atoms with E-state index in [9.17, 15) is 21.6 Å². The Kier molecular flexibility index (Phi) is 4.97. The van der Waals surface area contributed by atoms with Crippen LogP contribution < -0.4 is 4.18 Å². The lowest BCUT2D eigenvalue weighted by Crippen LogP contribution is -2.15. The van der Waals surface area contributed by atoms with Gasteiger partial charge in [-0.25, -0.2) is 0 Å². The molecule has 0 saturated carbocycles. The molecule has 9 heteroatoms. The third kappa shape index (κ3) is 3.89. The Balaban J connectivity index is 2.13. The van der Waals surface area contributed by atoms with Gasteiger partial charge < -0.3 is 4.18 Å². The molecule has 0 unspecified atom stereocenters. The van der Waals surface area contributed by atoms with Gasteiger partial charge in [0, 0.05) is 6.07 Å². The van der Waals surface area contributed by atoms with Crippen molar-refractivity contribution < 1.29 is 25.8 Å². The summed E-state index contributed by atoms with van der Waals surface area (Å²) >= 11 is 0. The zero-order valence-corrected chi connectivity index (χ0v) is 16.1. The van der Waals surface area contributed by atoms with Crippen molar-refractivity contribution in [2.45, 2.75) is 31.8 Å². The maximum Gasteiger partial charge on any atom is 0.435 e. The van der Waals surface area contributed by atoms with E-state index in [4.69, 9.17) is 4.18 Å². The number of rotatable bonds is 4. The van der Waals surface area contributed by atoms with Crippen LogP contribution in [0.5, 0.6) is 5.88 Å². The lowest BCUT2D eigenvalue weighted by atomic mass is 10.1. The molecule has 0 bridgehead atoms. The quantitative estimate of drug-likeness (QED) is 0.591. The minimum Gasteiger partial charge on any atom is -0.358 e. The molecular formula is C19H17F3N2O3S. The highest BCUT2D eigenvalue weighted by atomic mass is 32.2. The first-order chi connectivity index (χ1) is 13.0. The molecule has 0 aliphatic rings. The first-order valence-electron chi connectivity index (χ1n) is 8.24. The molecule has 0 fully saturated rings. The minimum atomic E-state index is -4.75. The molecule has 3 aromatic rings. The third-order valence-electron chi connectivity index (χ3n) is 4.02. The Bertz CT molecular complexity index is 1100. The van der Waals surface area contributed by atoms with Gasteiger partial charge >= 0.3 is 16.3 Å². The van der Waals surface area contributed by atoms with Crippen molar-refractivity contribution in [2.75, 3.05) is 0 Å². The zero-order chi connectivity index (χ0) is 20.7. The van der Waals surface area contributed by atoms with Crippen molar-refractivity contribution in [3.63, 3.8) is 0 Å². The van der Waals surface area contributed by atoms with E-state index >= 15 is 0 Å². The Morgan fingerprint density at radius 1 is 0.964 bits per heavy atom. The third-order valence-corrected chi connectivity index (χ3v) is 5.55. The second-order valence-corrected chi connectivity index (χ2v) is 7.86. The molecule has 2 aromatic carbocycles. The van der Waals surface area contributed by atoms with E-state index in [1.807, 2.05) is 6.92 Å². The molecule has 0 spiro atoms. The highest BCUT2D eigenvalue weighted by Crippen LogP contribution is 2.34. The Morgan fingerprint density at radius 3 is 2.07 bits per heavy atom. The first kappa shape index (κ1) is 19.9. The molecule has 1 aromatic heterocycles. The number of hydrogen-bond donors (Lipinski definition) is 0. The first-order valence-corrected chi connectivity index (χ1v) is 9.65. The van der Waals surface area contributed by atoms with Gasteiger partial charge in [0.25, 0.3) is 0 Å². The van der Waals surface area contributed by atoms with Crippen molar-refractivity contribution in [2.24, 2.45) is 0 Å². The Labute approximate surface area is 160 Å². The van der Waals surface area contributed by atoms with Crippen molar-refractivity contribution in [3.8, 4) is 11.6 Å². The fourth-order valence-corrected chi connectivity index (χ4v) is 4.36. The average Bonchev–Trinajstić information content (AvgIpc) is 2.97. The van der Waals surface area contributed by atoms with Crippen LogP contribution in [0.3, 0.4) is 0 Å². The van der Waals surface area contributed by atoms with E-state index in [-0.39, 0.29) is 10.6 Å². The van der Waals surface area contributed by atoms with Gasteiger partial charge in [0.15, 0.2) is 5.69 Å². The van der Waals surface area contributed by atoms with Crippen LogP contribution in [0, 0.1) is 20.8 Å². The summed E-state index contributed by atoms with van der Waals surface area (Å²) in [6.07, 6.45) is -4.75. The average molecular weight is 410 g/mol. The van der Waals surface area contributed by atoms with Crippen LogP contribution in [0.2, 0.25) is 0 Å². The van der Waals surface area contributed by atoms with Gasteiger partial charge in [-0.15, -0.1) is 0 Å². The molecule has 0 aliphatic carbocycles. The molecule has 0 N–H and O–H groups in total. The van der Waals surface area contributed by atoms with E-state index in [0.29, 0.717) is 17.2 Å². The van der Waals surface area contributed by atoms with E-state index < -0.39 is 27.9 Å². The van der Waals surface area contributed by atoms with E-state index in [1.165, 1.54) is 12.1 Å². The van der Waals surface area contributed by atoms with Crippen LogP contribution in [-0.2, 0) is 16.3 Å². The highest BCUT2D eigenvalue weighted by Gasteiger charge is 2.36. The number of aromatic nitrogens is 2. The number of alkyl halides is 3. The zero-order valence-electron chi connectivity index (χ0n) is 15.3. The van der Waals surface area contributed by atoms with Gasteiger partial charge in [-0.3, -0.25) is 0 Å². The summed E-state index contributed by atoms with van der Waals surface area (Å²) in [6, 6.07) is 11.8. The van der Waals surface area contributed by atoms with Gasteiger partial charge in [0.1, 0.15) is 4.90 Å². The SMILES string of the molecule is Cc1cc(C)c(S(=O)(=O)Oc2cc(C(F)(F)F)nn2-c2ccccc2)c(C)c1. The van der Waals surface area contributed by atoms with Crippen molar-refractivity contribution in [1.82, 2.24) is 9.78 Å². The fraction of sp³-hybridized carbons (Fsp3) is 0.211. The molecule has 148 valence electrons. The Hall–Kier alpha value is -2.81. The molecule has 3 rings (SSSR count). The highest BCUT2D eigenvalue weighted by molar-refractivity contribution is 7.87. The number of nitrogens with zero attached hydrogens (tertiary/aromatic N) is 2. The van der Waals surface area contributed by atoms with Crippen molar-refractivity contribution in [3.05, 3.63) is 70.9 Å². The van der Waals surface area contributed by atoms with Crippen LogP contribution >= 0.6 is 0 Å². The number of hydrogen-bond acceptors (Lipinski definition) is 4. The summed E-state index contributed by atoms with van der Waals surface area (Å²) in [6.45, 7) is 5.02. The van der Waals surface area contributed by atoms with Gasteiger partial charge in [-0.05, 0) is 44.0 Å². The molecule has 0 saturated heterocycles. The lowest BCUT2D eigenvalue weighted by Gasteiger charge is -2.13. The maximum atomic E-state index is 13.1. The standard InChI is InChI=1S/C19H17F3N2O3S/c1-12-9-13(2)18(14(3)10-12)28(25,26)27-17-11-16(19(20,21)22)23-24(17)15-7-5-4-6-8-15/h4-11H,1-3H3. The Morgan fingerprint density at radius 2 is 1.54 bits per heavy atom. The van der Waals surface area contributed by atoms with Crippen LogP contribution in [0.1, 0.15) is 22.4 Å². The molecule has 0 radical (unpaired) electrons. The summed E-state index contributed by atoms with van der Waals surface area (Å²) in [5.41, 5.74) is 0.737. The molecule has 5 nitrogen and oxygen atoms in total. The second-order valence-electron chi connectivity index (χ2n) is 6.38. The number of halogens is 3. The molecule has 28 heavy (non-hydrogen) atoms. The van der Waals surface area contributed by atoms with Gasteiger partial charge in [0.05, 0.1) is 5.69 Å². The summed E-state index contributed by atoms with van der Waals surface area (Å²) in [5, 5.41) is 3.49. The number of aryl methyl sites for hydroxylation is 3. The van der Waals surface area contributed by atoms with Gasteiger partial charge in [0.2, 0.25) is 5.88 Å². The molecule has 0 atom stereocenters. The normalized spacial score (nSPS) is 12.2. The van der Waals surface area contributed by atoms with Crippen LogP contribution in [0.25, 0.3) is 5.69 Å². The summed E-state index contributed by atoms with van der Waals surface area (Å²) in [4.78, 5) is -0.0764. The maximum absolute atomic E-state index is 13.1. The van der Waals surface area contributed by atoms with Crippen LogP contribution in [-0.4, -0.2) is 18.2 Å². The predicted octanol–water partition coefficient (Wildman–Crippen LogP) is 4.58. The summed E-state index contributed by atoms with van der Waals surface area (Å²) in [5.74, 6) is -0.544. The lowest BCUT2D eigenvalue weighted by molar-refractivity contribution is -0.141. The summed E-state index contributed by atoms with van der Waals surface area (Å²) < 4.78 is 71.1. The molecule has 0 aliphatic heterocycles. The molecule has 0 amide bonds. The predicted molar refractivity (Wildman–Crippen MR) is 97.0 cm³/mol. The number of para-hydroxylation sites is 1. The smallest absolute Gasteiger partial charge is 0.358 e. The monoisotopic (exact) mass is 410 g/mol. The summed E-state index contributed by atoms with van der Waals surface area (Å²) in [7, 11) is -4.38. The minimum absolute atomic E-state index is 0.0764. The second kappa shape index (κ2) is 6.97. The molecule has 1 heterocycles. The van der Waals surface area contributed by atoms with E-state index in [2.05, 4.69) is 5.10 Å². The largest absolute Gasteiger partial charge is 0.435 e.